The van der Waals surface area contributed by atoms with Crippen LogP contribution < -0.4 is 30.2 Å². The molecule has 172 valence electrons. The molecular weight excluding hydrogens is 428 g/mol. The zero-order valence-electron chi connectivity index (χ0n) is 19.1. The lowest BCUT2D eigenvalue weighted by Crippen LogP contribution is -2.40. The smallest absolute Gasteiger partial charge is 0.229 e. The second-order valence-electron chi connectivity index (χ2n) is 7.51. The Hall–Kier alpha value is -3.14. The molecule has 0 aliphatic heterocycles. The van der Waals surface area contributed by atoms with Crippen molar-refractivity contribution in [2.75, 3.05) is 32.0 Å². The van der Waals surface area contributed by atoms with Crippen LogP contribution in [0.15, 0.2) is 23.2 Å². The van der Waals surface area contributed by atoms with Crippen molar-refractivity contribution in [3.63, 3.8) is 0 Å². The molecule has 0 spiro atoms. The second kappa shape index (κ2) is 10.9. The van der Waals surface area contributed by atoms with Crippen molar-refractivity contribution < 1.29 is 14.2 Å². The molecule has 10 heteroatoms. The predicted octanol–water partition coefficient (Wildman–Crippen LogP) is 3.82. The number of benzene rings is 1. The van der Waals surface area contributed by atoms with Crippen LogP contribution >= 0.6 is 12.2 Å². The van der Waals surface area contributed by atoms with E-state index >= 15 is 0 Å². The molecule has 1 aromatic heterocycles. The fraction of sp³-hybridized carbons (Fsp3) is 0.455. The number of aromatic nitrogens is 2. The van der Waals surface area contributed by atoms with E-state index in [1.54, 1.807) is 33.5 Å². The van der Waals surface area contributed by atoms with E-state index in [-0.39, 0.29) is 6.04 Å². The number of guanidine groups is 1. The van der Waals surface area contributed by atoms with Crippen LogP contribution in [0.3, 0.4) is 0 Å². The van der Waals surface area contributed by atoms with Crippen LogP contribution in [-0.4, -0.2) is 48.4 Å². The molecule has 0 radical (unpaired) electrons. The zero-order valence-corrected chi connectivity index (χ0v) is 19.9. The number of anilines is 2. The quantitative estimate of drug-likeness (QED) is 0.339. The summed E-state index contributed by atoms with van der Waals surface area (Å²) in [5, 5.41) is 9.84. The first-order valence-electron chi connectivity index (χ1n) is 10.5. The van der Waals surface area contributed by atoms with Gasteiger partial charge in [-0.15, -0.1) is 0 Å². The molecule has 0 bridgehead atoms. The Morgan fingerprint density at radius 1 is 0.938 bits per heavy atom. The highest BCUT2D eigenvalue weighted by Crippen LogP contribution is 2.39. The molecule has 9 nitrogen and oxygen atoms in total. The summed E-state index contributed by atoms with van der Waals surface area (Å²) in [5.41, 5.74) is 2.43. The van der Waals surface area contributed by atoms with Crippen LogP contribution in [-0.2, 0) is 0 Å². The standard InChI is InChI=1S/C22H30N6O3S/c1-13-10-14(2)24-20(23-13)27-21(25-15-8-6-7-9-15)28-22(32)26-16-11-17(29-3)19(31-5)18(12-16)30-4/h10-12,15H,6-9H2,1-5H3,(H3,23,24,25,26,27,28,32). The number of thiocarbonyl (C=S) groups is 1. The first-order valence-corrected chi connectivity index (χ1v) is 10.9. The molecule has 0 unspecified atom stereocenters. The number of rotatable bonds is 6. The maximum absolute atomic E-state index is 5.54. The number of methoxy groups -OCH3 is 3. The first-order chi connectivity index (χ1) is 15.4. The van der Waals surface area contributed by atoms with Crippen LogP contribution in [0, 0.1) is 13.8 Å². The van der Waals surface area contributed by atoms with Crippen LogP contribution in [0.4, 0.5) is 11.6 Å². The van der Waals surface area contributed by atoms with E-state index < -0.39 is 0 Å². The minimum Gasteiger partial charge on any atom is -0.493 e. The molecule has 3 rings (SSSR count). The summed E-state index contributed by atoms with van der Waals surface area (Å²) in [6.45, 7) is 3.86. The number of hydrogen-bond donors (Lipinski definition) is 3. The van der Waals surface area contributed by atoms with Gasteiger partial charge in [-0.3, -0.25) is 5.32 Å². The average molecular weight is 459 g/mol. The summed E-state index contributed by atoms with van der Waals surface area (Å²) in [6, 6.07) is 5.72. The van der Waals surface area contributed by atoms with Crippen molar-refractivity contribution in [2.24, 2.45) is 4.99 Å². The highest BCUT2D eigenvalue weighted by atomic mass is 32.1. The second-order valence-corrected chi connectivity index (χ2v) is 7.92. The van der Waals surface area contributed by atoms with Gasteiger partial charge in [0.25, 0.3) is 0 Å². The molecule has 1 fully saturated rings. The van der Waals surface area contributed by atoms with Crippen LogP contribution in [0.5, 0.6) is 17.2 Å². The van der Waals surface area contributed by atoms with E-state index in [1.807, 2.05) is 19.9 Å². The van der Waals surface area contributed by atoms with E-state index in [1.165, 1.54) is 12.8 Å². The molecule has 1 heterocycles. The summed E-state index contributed by atoms with van der Waals surface area (Å²) in [4.78, 5) is 13.7. The minimum absolute atomic E-state index is 0.236. The monoisotopic (exact) mass is 458 g/mol. The van der Waals surface area contributed by atoms with E-state index in [0.717, 1.165) is 24.2 Å². The SMILES string of the molecule is COc1cc(NC(=S)NC(=NC2CCCC2)Nc2nc(C)cc(C)n2)cc(OC)c1OC. The van der Waals surface area contributed by atoms with E-state index in [0.29, 0.717) is 40.0 Å². The third kappa shape index (κ3) is 6.19. The summed E-state index contributed by atoms with van der Waals surface area (Å²) in [7, 11) is 4.70. The number of ether oxygens (including phenoxy) is 3. The van der Waals surface area contributed by atoms with E-state index in [2.05, 4.69) is 25.9 Å². The van der Waals surface area contributed by atoms with Gasteiger partial charge in [0.1, 0.15) is 0 Å². The van der Waals surface area contributed by atoms with Crippen LogP contribution in [0.2, 0.25) is 0 Å². The number of aliphatic imine (C=N–C) groups is 1. The average Bonchev–Trinajstić information content (AvgIpc) is 3.25. The number of nitrogens with zero attached hydrogens (tertiary/aromatic N) is 3. The number of hydrogen-bond acceptors (Lipinski definition) is 7. The van der Waals surface area contributed by atoms with Crippen molar-refractivity contribution in [1.82, 2.24) is 15.3 Å². The van der Waals surface area contributed by atoms with Gasteiger partial charge in [0.2, 0.25) is 17.7 Å². The summed E-state index contributed by atoms with van der Waals surface area (Å²) in [5.74, 6) is 2.54. The summed E-state index contributed by atoms with van der Waals surface area (Å²) >= 11 is 5.54. The molecule has 0 atom stereocenters. The molecule has 1 aliphatic rings. The van der Waals surface area contributed by atoms with Gasteiger partial charge in [-0.05, 0) is 45.0 Å². The highest BCUT2D eigenvalue weighted by molar-refractivity contribution is 7.80. The van der Waals surface area contributed by atoms with Gasteiger partial charge in [0, 0.05) is 29.2 Å². The van der Waals surface area contributed by atoms with E-state index in [4.69, 9.17) is 31.4 Å². The lowest BCUT2D eigenvalue weighted by Gasteiger charge is -2.17. The molecule has 1 saturated carbocycles. The van der Waals surface area contributed by atoms with Crippen LogP contribution in [0.25, 0.3) is 0 Å². The van der Waals surface area contributed by atoms with Crippen molar-refractivity contribution in [3.8, 4) is 17.2 Å². The summed E-state index contributed by atoms with van der Waals surface area (Å²) < 4.78 is 16.2. The van der Waals surface area contributed by atoms with Gasteiger partial charge < -0.3 is 24.8 Å². The summed E-state index contributed by atoms with van der Waals surface area (Å²) in [6.07, 6.45) is 4.45. The molecule has 2 aromatic rings. The highest BCUT2D eigenvalue weighted by Gasteiger charge is 2.17. The third-order valence-corrected chi connectivity index (χ3v) is 5.21. The van der Waals surface area contributed by atoms with Gasteiger partial charge in [-0.1, -0.05) is 12.8 Å². The Morgan fingerprint density at radius 3 is 2.06 bits per heavy atom. The lowest BCUT2D eigenvalue weighted by molar-refractivity contribution is 0.324. The Kier molecular flexibility index (Phi) is 8.04. The van der Waals surface area contributed by atoms with Gasteiger partial charge in [-0.25, -0.2) is 15.0 Å². The topological polar surface area (TPSA) is 102 Å². The van der Waals surface area contributed by atoms with Crippen molar-refractivity contribution in [1.29, 1.82) is 0 Å². The normalized spacial score (nSPS) is 14.1. The first kappa shape index (κ1) is 23.5. The molecule has 32 heavy (non-hydrogen) atoms. The van der Waals surface area contributed by atoms with Gasteiger partial charge in [0.05, 0.1) is 27.4 Å². The Labute approximate surface area is 194 Å². The zero-order chi connectivity index (χ0) is 23.1. The maximum Gasteiger partial charge on any atom is 0.229 e. The largest absolute Gasteiger partial charge is 0.493 e. The third-order valence-electron chi connectivity index (χ3n) is 5.00. The Bertz CT molecular complexity index is 946. The molecule has 1 aliphatic carbocycles. The Balaban J connectivity index is 1.79. The Morgan fingerprint density at radius 2 is 1.53 bits per heavy atom. The van der Waals surface area contributed by atoms with Gasteiger partial charge in [0.15, 0.2) is 16.6 Å². The van der Waals surface area contributed by atoms with Crippen molar-refractivity contribution in [3.05, 3.63) is 29.6 Å². The molecule has 0 amide bonds. The number of aryl methyl sites for hydroxylation is 2. The van der Waals surface area contributed by atoms with Gasteiger partial charge >= 0.3 is 0 Å². The van der Waals surface area contributed by atoms with Crippen molar-refractivity contribution >= 4 is 34.9 Å². The predicted molar refractivity (Wildman–Crippen MR) is 130 cm³/mol. The van der Waals surface area contributed by atoms with Crippen LogP contribution in [0.1, 0.15) is 37.1 Å². The number of nitrogens with one attached hydrogen (secondary N) is 3. The van der Waals surface area contributed by atoms with Gasteiger partial charge in [-0.2, -0.15) is 0 Å². The lowest BCUT2D eigenvalue weighted by atomic mass is 10.2. The molecule has 1 aromatic carbocycles. The fourth-order valence-corrected chi connectivity index (χ4v) is 3.84. The molecular formula is C22H30N6O3S. The molecule has 3 N–H and O–H groups in total. The fourth-order valence-electron chi connectivity index (χ4n) is 3.62. The van der Waals surface area contributed by atoms with E-state index in [9.17, 15) is 0 Å². The minimum atomic E-state index is 0.236. The van der Waals surface area contributed by atoms with Crippen molar-refractivity contribution in [2.45, 2.75) is 45.6 Å². The molecule has 0 saturated heterocycles. The maximum atomic E-state index is 5.54.